The average molecular weight is 312 g/mol. The first-order chi connectivity index (χ1) is 8.23. The second-order valence-electron chi connectivity index (χ2n) is 5.91. The first kappa shape index (κ1) is 15.2. The predicted octanol–water partition coefficient (Wildman–Crippen LogP) is 4.17. The molecule has 0 saturated heterocycles. The van der Waals surface area contributed by atoms with Gasteiger partial charge in [0.05, 0.1) is 5.56 Å². The van der Waals surface area contributed by atoms with E-state index in [0.29, 0.717) is 18.0 Å². The lowest BCUT2D eigenvalue weighted by molar-refractivity contribution is 0.0936. The zero-order chi connectivity index (χ0) is 13.9. The van der Waals surface area contributed by atoms with Crippen molar-refractivity contribution < 1.29 is 4.79 Å². The summed E-state index contributed by atoms with van der Waals surface area (Å²) in [5.74, 6) is 0.423. The molecule has 18 heavy (non-hydrogen) atoms. The summed E-state index contributed by atoms with van der Waals surface area (Å²) in [7, 11) is 0. The summed E-state index contributed by atoms with van der Waals surface area (Å²) in [6.07, 6.45) is 0. The van der Waals surface area contributed by atoms with Crippen molar-refractivity contribution in [3.63, 3.8) is 0 Å². The molecular formula is C15H22BrNO. The van der Waals surface area contributed by atoms with E-state index in [0.717, 1.165) is 10.0 Å². The number of hydrogen-bond donors (Lipinski definition) is 1. The van der Waals surface area contributed by atoms with E-state index in [9.17, 15) is 4.79 Å². The number of halogens is 1. The molecule has 0 fully saturated rings. The van der Waals surface area contributed by atoms with Gasteiger partial charge in [-0.05, 0) is 45.8 Å². The molecule has 0 heterocycles. The third-order valence-electron chi connectivity index (χ3n) is 3.48. The largest absolute Gasteiger partial charge is 0.352 e. The SMILES string of the molecule is Cc1cccc(C(=O)NCC(C)C(C)(C)C)c1Br. The minimum absolute atomic E-state index is 0.0123. The zero-order valence-corrected chi connectivity index (χ0v) is 13.4. The summed E-state index contributed by atoms with van der Waals surface area (Å²) in [4.78, 5) is 12.1. The van der Waals surface area contributed by atoms with Gasteiger partial charge in [0.15, 0.2) is 0 Å². The maximum atomic E-state index is 12.1. The van der Waals surface area contributed by atoms with Crippen LogP contribution in [0.2, 0.25) is 0 Å². The number of carbonyl (C=O) groups excluding carboxylic acids is 1. The highest BCUT2D eigenvalue weighted by molar-refractivity contribution is 9.10. The van der Waals surface area contributed by atoms with Gasteiger partial charge in [-0.15, -0.1) is 0 Å². The summed E-state index contributed by atoms with van der Waals surface area (Å²) in [6.45, 7) is 11.4. The molecule has 0 aliphatic rings. The van der Waals surface area contributed by atoms with E-state index in [-0.39, 0.29) is 11.3 Å². The third-order valence-corrected chi connectivity index (χ3v) is 4.54. The Morgan fingerprint density at radius 1 is 1.39 bits per heavy atom. The number of carbonyl (C=O) groups is 1. The monoisotopic (exact) mass is 311 g/mol. The molecule has 1 atom stereocenters. The van der Waals surface area contributed by atoms with Gasteiger partial charge >= 0.3 is 0 Å². The van der Waals surface area contributed by atoms with Gasteiger partial charge in [0.25, 0.3) is 5.91 Å². The summed E-state index contributed by atoms with van der Waals surface area (Å²) < 4.78 is 0.880. The normalized spacial score (nSPS) is 13.2. The smallest absolute Gasteiger partial charge is 0.252 e. The lowest BCUT2D eigenvalue weighted by atomic mass is 9.82. The van der Waals surface area contributed by atoms with Gasteiger partial charge < -0.3 is 5.32 Å². The lowest BCUT2D eigenvalue weighted by Gasteiger charge is -2.27. The van der Waals surface area contributed by atoms with Gasteiger partial charge in [0.1, 0.15) is 0 Å². The molecular weight excluding hydrogens is 290 g/mol. The van der Waals surface area contributed by atoms with E-state index in [1.165, 1.54) is 0 Å². The van der Waals surface area contributed by atoms with Crippen molar-refractivity contribution in [3.8, 4) is 0 Å². The van der Waals surface area contributed by atoms with Crippen molar-refractivity contribution in [1.29, 1.82) is 0 Å². The summed E-state index contributed by atoms with van der Waals surface area (Å²) >= 11 is 3.47. The van der Waals surface area contributed by atoms with E-state index >= 15 is 0 Å². The Hall–Kier alpha value is -0.830. The second kappa shape index (κ2) is 5.87. The van der Waals surface area contributed by atoms with E-state index < -0.39 is 0 Å². The molecule has 0 radical (unpaired) electrons. The number of aryl methyl sites for hydroxylation is 1. The molecule has 0 bridgehead atoms. The Labute approximate surface area is 118 Å². The Balaban J connectivity index is 2.70. The van der Waals surface area contributed by atoms with E-state index in [1.54, 1.807) is 0 Å². The first-order valence-electron chi connectivity index (χ1n) is 6.26. The molecule has 0 spiro atoms. The van der Waals surface area contributed by atoms with Crippen LogP contribution in [0.1, 0.15) is 43.6 Å². The molecule has 0 saturated carbocycles. The molecule has 100 valence electrons. The number of hydrogen-bond acceptors (Lipinski definition) is 1. The fraction of sp³-hybridized carbons (Fsp3) is 0.533. The topological polar surface area (TPSA) is 29.1 Å². The van der Waals surface area contributed by atoms with Crippen LogP contribution in [-0.2, 0) is 0 Å². The quantitative estimate of drug-likeness (QED) is 0.892. The fourth-order valence-electron chi connectivity index (χ4n) is 1.47. The van der Waals surface area contributed by atoms with Gasteiger partial charge in [-0.3, -0.25) is 4.79 Å². The number of amides is 1. The molecule has 1 unspecified atom stereocenters. The van der Waals surface area contributed by atoms with Gasteiger partial charge in [-0.1, -0.05) is 39.8 Å². The average Bonchev–Trinajstić information content (AvgIpc) is 2.27. The predicted molar refractivity (Wildman–Crippen MR) is 79.8 cm³/mol. The number of benzene rings is 1. The maximum Gasteiger partial charge on any atom is 0.252 e. The van der Waals surface area contributed by atoms with Crippen LogP contribution in [0.5, 0.6) is 0 Å². The number of rotatable bonds is 3. The first-order valence-corrected chi connectivity index (χ1v) is 7.06. The van der Waals surface area contributed by atoms with Crippen molar-refractivity contribution in [3.05, 3.63) is 33.8 Å². The van der Waals surface area contributed by atoms with Crippen LogP contribution in [0.3, 0.4) is 0 Å². The number of nitrogens with one attached hydrogen (secondary N) is 1. The fourth-order valence-corrected chi connectivity index (χ4v) is 1.91. The molecule has 0 aliphatic carbocycles. The zero-order valence-electron chi connectivity index (χ0n) is 11.8. The van der Waals surface area contributed by atoms with Gasteiger partial charge in [-0.25, -0.2) is 0 Å². The van der Waals surface area contributed by atoms with Crippen molar-refractivity contribution in [2.24, 2.45) is 11.3 Å². The van der Waals surface area contributed by atoms with E-state index in [2.05, 4.69) is 48.9 Å². The van der Waals surface area contributed by atoms with Crippen LogP contribution in [0.25, 0.3) is 0 Å². The summed E-state index contributed by atoms with van der Waals surface area (Å²) in [6, 6.07) is 5.73. The molecule has 1 amide bonds. The van der Waals surface area contributed by atoms with Crippen molar-refractivity contribution in [1.82, 2.24) is 5.32 Å². The van der Waals surface area contributed by atoms with Crippen molar-refractivity contribution in [2.75, 3.05) is 6.54 Å². The van der Waals surface area contributed by atoms with E-state index in [4.69, 9.17) is 0 Å². The molecule has 0 aliphatic heterocycles. The van der Waals surface area contributed by atoms with Gasteiger partial charge in [0.2, 0.25) is 0 Å². The van der Waals surface area contributed by atoms with Crippen molar-refractivity contribution >= 4 is 21.8 Å². The molecule has 2 nitrogen and oxygen atoms in total. The lowest BCUT2D eigenvalue weighted by Crippen LogP contribution is -2.33. The molecule has 1 N–H and O–H groups in total. The summed E-state index contributed by atoms with van der Waals surface area (Å²) in [5, 5.41) is 3.00. The van der Waals surface area contributed by atoms with Crippen LogP contribution >= 0.6 is 15.9 Å². The highest BCUT2D eigenvalue weighted by Gasteiger charge is 2.21. The van der Waals surface area contributed by atoms with Crippen molar-refractivity contribution in [2.45, 2.75) is 34.6 Å². The molecule has 3 heteroatoms. The Kier molecular flexibility index (Phi) is 4.97. The standard InChI is InChI=1S/C15H22BrNO/c1-10-7-6-8-12(13(10)16)14(18)17-9-11(2)15(3,4)5/h6-8,11H,9H2,1-5H3,(H,17,18). The third kappa shape index (κ3) is 3.84. The Morgan fingerprint density at radius 3 is 2.56 bits per heavy atom. The van der Waals surface area contributed by atoms with Crippen LogP contribution in [0.4, 0.5) is 0 Å². The van der Waals surface area contributed by atoms with Crippen LogP contribution in [-0.4, -0.2) is 12.5 Å². The Morgan fingerprint density at radius 2 is 2.00 bits per heavy atom. The molecule has 0 aromatic heterocycles. The van der Waals surface area contributed by atoms with Gasteiger partial charge in [-0.2, -0.15) is 0 Å². The second-order valence-corrected chi connectivity index (χ2v) is 6.71. The van der Waals surface area contributed by atoms with E-state index in [1.807, 2.05) is 25.1 Å². The van der Waals surface area contributed by atoms with Crippen LogP contribution in [0.15, 0.2) is 22.7 Å². The highest BCUT2D eigenvalue weighted by Crippen LogP contribution is 2.25. The Bertz CT molecular complexity index is 435. The van der Waals surface area contributed by atoms with Gasteiger partial charge in [0, 0.05) is 11.0 Å². The molecule has 1 aromatic carbocycles. The molecule has 1 aromatic rings. The van der Waals surface area contributed by atoms with Crippen LogP contribution < -0.4 is 5.32 Å². The highest BCUT2D eigenvalue weighted by atomic mass is 79.9. The molecule has 1 rings (SSSR count). The minimum atomic E-state index is -0.0123. The maximum absolute atomic E-state index is 12.1. The van der Waals surface area contributed by atoms with Crippen LogP contribution in [0, 0.1) is 18.3 Å². The summed E-state index contributed by atoms with van der Waals surface area (Å²) in [5.41, 5.74) is 1.99. The minimum Gasteiger partial charge on any atom is -0.352 e.